The Labute approximate surface area is 119 Å². The molecule has 3 aromatic rings. The van der Waals surface area contributed by atoms with Gasteiger partial charge >= 0.3 is 0 Å². The maximum Gasteiger partial charge on any atom is 0.261 e. The smallest absolute Gasteiger partial charge is 0.261 e. The number of hydrogen-bond acceptors (Lipinski definition) is 4. The number of halogens is 1. The molecule has 0 unspecified atom stereocenters. The van der Waals surface area contributed by atoms with Crippen molar-refractivity contribution in [2.24, 2.45) is 7.05 Å². The molecule has 0 saturated heterocycles. The van der Waals surface area contributed by atoms with Crippen LogP contribution in [0.4, 0.5) is 0 Å². The molecular formula is C13H12ClN5O. The maximum atomic E-state index is 12.3. The highest BCUT2D eigenvalue weighted by Crippen LogP contribution is 2.17. The van der Waals surface area contributed by atoms with Crippen LogP contribution in [0.3, 0.4) is 0 Å². The fourth-order valence-electron chi connectivity index (χ4n) is 2.08. The number of nitrogens with zero attached hydrogens (tertiary/aromatic N) is 5. The molecule has 0 aliphatic rings. The van der Waals surface area contributed by atoms with Crippen molar-refractivity contribution in [3.63, 3.8) is 0 Å². The second-order valence-corrected chi connectivity index (χ2v) is 4.84. The highest BCUT2D eigenvalue weighted by Gasteiger charge is 2.08. The third-order valence-electron chi connectivity index (χ3n) is 3.19. The van der Waals surface area contributed by atoms with Crippen molar-refractivity contribution in [3.8, 4) is 0 Å². The predicted molar refractivity (Wildman–Crippen MR) is 75.7 cm³/mol. The fraction of sp³-hybridized carbons (Fsp3) is 0.231. The zero-order valence-electron chi connectivity index (χ0n) is 10.8. The topological polar surface area (TPSA) is 65.6 Å². The molecule has 0 amide bonds. The molecule has 0 saturated carbocycles. The highest BCUT2D eigenvalue weighted by atomic mass is 35.5. The van der Waals surface area contributed by atoms with Crippen LogP contribution < -0.4 is 5.56 Å². The lowest BCUT2D eigenvalue weighted by molar-refractivity contribution is 0.609. The number of fused-ring (bicyclic) bond motifs is 1. The van der Waals surface area contributed by atoms with Gasteiger partial charge in [-0.25, -0.2) is 9.97 Å². The van der Waals surface area contributed by atoms with Gasteiger partial charge in [0.15, 0.2) is 0 Å². The molecule has 0 bridgehead atoms. The molecule has 3 rings (SSSR count). The van der Waals surface area contributed by atoms with Gasteiger partial charge in [0.1, 0.15) is 12.2 Å². The van der Waals surface area contributed by atoms with Crippen LogP contribution in [0.25, 0.3) is 10.9 Å². The summed E-state index contributed by atoms with van der Waals surface area (Å²) in [5, 5.41) is 5.01. The molecule has 0 atom stereocenters. The Morgan fingerprint density at radius 1 is 1.30 bits per heavy atom. The van der Waals surface area contributed by atoms with Crippen LogP contribution in [-0.2, 0) is 20.0 Å². The SMILES string of the molecule is Cn1ncnc1CCn1cnc2c(Cl)cccc2c1=O. The van der Waals surface area contributed by atoms with Gasteiger partial charge in [-0.15, -0.1) is 0 Å². The second-order valence-electron chi connectivity index (χ2n) is 4.43. The average Bonchev–Trinajstić information content (AvgIpc) is 2.84. The van der Waals surface area contributed by atoms with Gasteiger partial charge in [0, 0.05) is 20.0 Å². The van der Waals surface area contributed by atoms with Crippen molar-refractivity contribution in [3.05, 3.63) is 52.1 Å². The third-order valence-corrected chi connectivity index (χ3v) is 3.49. The minimum Gasteiger partial charge on any atom is -0.298 e. The Morgan fingerprint density at radius 2 is 2.15 bits per heavy atom. The number of hydrogen-bond donors (Lipinski definition) is 0. The van der Waals surface area contributed by atoms with Gasteiger partial charge in [0.25, 0.3) is 5.56 Å². The number of benzene rings is 1. The normalized spacial score (nSPS) is 11.1. The molecule has 102 valence electrons. The van der Waals surface area contributed by atoms with Crippen molar-refractivity contribution in [2.45, 2.75) is 13.0 Å². The largest absolute Gasteiger partial charge is 0.298 e. The van der Waals surface area contributed by atoms with Gasteiger partial charge in [0.2, 0.25) is 0 Å². The Kier molecular flexibility index (Phi) is 3.23. The lowest BCUT2D eigenvalue weighted by Gasteiger charge is -2.06. The van der Waals surface area contributed by atoms with E-state index in [1.165, 1.54) is 12.7 Å². The standard InChI is InChI=1S/C13H12ClN5O/c1-18-11(15-7-17-18)5-6-19-8-16-12-9(13(19)20)3-2-4-10(12)14/h2-4,7-8H,5-6H2,1H3. The van der Waals surface area contributed by atoms with Crippen molar-refractivity contribution in [2.75, 3.05) is 0 Å². The predicted octanol–water partition coefficient (Wildman–Crippen LogP) is 1.42. The Bertz CT molecular complexity index is 823. The van der Waals surface area contributed by atoms with Crippen LogP contribution in [0.5, 0.6) is 0 Å². The van der Waals surface area contributed by atoms with Crippen LogP contribution in [0.1, 0.15) is 5.82 Å². The molecule has 0 fully saturated rings. The number of aryl methyl sites for hydroxylation is 3. The van der Waals surface area contributed by atoms with Crippen LogP contribution in [0.2, 0.25) is 5.02 Å². The molecule has 7 heteroatoms. The zero-order chi connectivity index (χ0) is 14.1. The lowest BCUT2D eigenvalue weighted by atomic mass is 10.2. The summed E-state index contributed by atoms with van der Waals surface area (Å²) in [6.45, 7) is 0.501. The number of para-hydroxylation sites is 1. The van der Waals surface area contributed by atoms with E-state index in [0.29, 0.717) is 28.9 Å². The van der Waals surface area contributed by atoms with Crippen molar-refractivity contribution in [1.82, 2.24) is 24.3 Å². The molecule has 0 aliphatic heterocycles. The molecule has 0 N–H and O–H groups in total. The molecule has 2 aromatic heterocycles. The first-order chi connectivity index (χ1) is 9.66. The summed E-state index contributed by atoms with van der Waals surface area (Å²) in [5.74, 6) is 0.822. The molecular weight excluding hydrogens is 278 g/mol. The van der Waals surface area contributed by atoms with Crippen LogP contribution in [0.15, 0.2) is 35.6 Å². The first kappa shape index (κ1) is 12.8. The molecule has 0 radical (unpaired) electrons. The summed E-state index contributed by atoms with van der Waals surface area (Å²) in [4.78, 5) is 20.7. The Hall–Kier alpha value is -2.21. The first-order valence-corrected chi connectivity index (χ1v) is 6.51. The van der Waals surface area contributed by atoms with E-state index in [4.69, 9.17) is 11.6 Å². The summed E-state index contributed by atoms with van der Waals surface area (Å²) < 4.78 is 3.25. The van der Waals surface area contributed by atoms with Gasteiger partial charge in [-0.2, -0.15) is 5.10 Å². The minimum atomic E-state index is -0.0975. The second kappa shape index (κ2) is 5.05. The molecule has 20 heavy (non-hydrogen) atoms. The van der Waals surface area contributed by atoms with Gasteiger partial charge in [-0.05, 0) is 12.1 Å². The van der Waals surface area contributed by atoms with E-state index >= 15 is 0 Å². The van der Waals surface area contributed by atoms with E-state index in [2.05, 4.69) is 15.1 Å². The van der Waals surface area contributed by atoms with Crippen LogP contribution in [-0.4, -0.2) is 24.3 Å². The summed E-state index contributed by atoms with van der Waals surface area (Å²) in [7, 11) is 1.82. The van der Waals surface area contributed by atoms with E-state index in [-0.39, 0.29) is 5.56 Å². The lowest BCUT2D eigenvalue weighted by Crippen LogP contribution is -2.22. The maximum absolute atomic E-state index is 12.3. The minimum absolute atomic E-state index is 0.0975. The van der Waals surface area contributed by atoms with Crippen LogP contribution in [0, 0.1) is 0 Å². The van der Waals surface area contributed by atoms with Gasteiger partial charge in [-0.3, -0.25) is 14.0 Å². The van der Waals surface area contributed by atoms with E-state index in [9.17, 15) is 4.79 Å². The summed E-state index contributed by atoms with van der Waals surface area (Å²) >= 11 is 6.03. The molecule has 0 spiro atoms. The van der Waals surface area contributed by atoms with Crippen molar-refractivity contribution < 1.29 is 0 Å². The molecule has 1 aromatic carbocycles. The van der Waals surface area contributed by atoms with Gasteiger partial charge in [-0.1, -0.05) is 17.7 Å². The number of rotatable bonds is 3. The molecule has 0 aliphatic carbocycles. The average molecular weight is 290 g/mol. The van der Waals surface area contributed by atoms with E-state index in [1.807, 2.05) is 7.05 Å². The molecule has 6 nitrogen and oxygen atoms in total. The van der Waals surface area contributed by atoms with E-state index in [0.717, 1.165) is 5.82 Å². The van der Waals surface area contributed by atoms with Crippen molar-refractivity contribution >= 4 is 22.5 Å². The van der Waals surface area contributed by atoms with Crippen LogP contribution >= 0.6 is 11.6 Å². The van der Waals surface area contributed by atoms with E-state index in [1.54, 1.807) is 27.4 Å². The monoisotopic (exact) mass is 289 g/mol. The Morgan fingerprint density at radius 3 is 2.90 bits per heavy atom. The number of aromatic nitrogens is 5. The molecule has 2 heterocycles. The Balaban J connectivity index is 1.95. The van der Waals surface area contributed by atoms with Gasteiger partial charge < -0.3 is 0 Å². The van der Waals surface area contributed by atoms with E-state index < -0.39 is 0 Å². The zero-order valence-corrected chi connectivity index (χ0v) is 11.6. The highest BCUT2D eigenvalue weighted by molar-refractivity contribution is 6.34. The van der Waals surface area contributed by atoms with Gasteiger partial charge in [0.05, 0.1) is 22.3 Å². The van der Waals surface area contributed by atoms with Crippen molar-refractivity contribution in [1.29, 1.82) is 0 Å². The quantitative estimate of drug-likeness (QED) is 0.731. The third kappa shape index (κ3) is 2.18. The summed E-state index contributed by atoms with van der Waals surface area (Å²) in [5.41, 5.74) is 0.439. The summed E-state index contributed by atoms with van der Waals surface area (Å²) in [6.07, 6.45) is 3.63. The first-order valence-electron chi connectivity index (χ1n) is 6.13. The fourth-order valence-corrected chi connectivity index (χ4v) is 2.30. The summed E-state index contributed by atoms with van der Waals surface area (Å²) in [6, 6.07) is 5.20.